The number of hydrogen-bond donors (Lipinski definition) is 0. The molecule has 0 aliphatic carbocycles. The summed E-state index contributed by atoms with van der Waals surface area (Å²) in [6, 6.07) is 4.47. The van der Waals surface area contributed by atoms with E-state index in [0.29, 0.717) is 5.69 Å². The monoisotopic (exact) mass is 319 g/mol. The molecule has 0 aromatic heterocycles. The molecule has 1 unspecified atom stereocenters. The Morgan fingerprint density at radius 3 is 2.42 bits per heavy atom. The number of rotatable bonds is 3. The van der Waals surface area contributed by atoms with Gasteiger partial charge in [0.15, 0.2) is 0 Å². The van der Waals surface area contributed by atoms with Crippen molar-refractivity contribution in [3.8, 4) is 0 Å². The van der Waals surface area contributed by atoms with Crippen molar-refractivity contribution in [2.75, 3.05) is 11.4 Å². The first-order chi connectivity index (χ1) is 8.90. The summed E-state index contributed by atoms with van der Waals surface area (Å²) in [5, 5.41) is -1.04. The lowest BCUT2D eigenvalue weighted by Gasteiger charge is -2.16. The Balaban J connectivity index is 2.28. The van der Waals surface area contributed by atoms with Crippen molar-refractivity contribution in [1.29, 1.82) is 0 Å². The van der Waals surface area contributed by atoms with E-state index in [2.05, 4.69) is 0 Å². The van der Waals surface area contributed by atoms with Crippen molar-refractivity contribution in [3.05, 3.63) is 28.8 Å². The summed E-state index contributed by atoms with van der Waals surface area (Å²) < 4.78 is 0. The molecular weight excluding hydrogens is 312 g/mol. The van der Waals surface area contributed by atoms with E-state index in [1.807, 2.05) is 0 Å². The molecule has 0 N–H and O–H groups in total. The minimum atomic E-state index is -0.668. The minimum Gasteiger partial charge on any atom is -0.312 e. The van der Waals surface area contributed by atoms with Crippen LogP contribution in [0.25, 0.3) is 0 Å². The van der Waals surface area contributed by atoms with Gasteiger partial charge in [0.25, 0.3) is 5.24 Å². The van der Waals surface area contributed by atoms with Gasteiger partial charge in [0.1, 0.15) is 0 Å². The Labute approximate surface area is 124 Å². The first kappa shape index (κ1) is 14.3. The molecule has 1 heterocycles. The van der Waals surface area contributed by atoms with Crippen molar-refractivity contribution in [3.63, 3.8) is 0 Å². The largest absolute Gasteiger partial charge is 0.312 e. The molecule has 1 atom stereocenters. The molecule has 1 aliphatic rings. The van der Waals surface area contributed by atoms with Crippen LogP contribution < -0.4 is 4.90 Å². The summed E-state index contributed by atoms with van der Waals surface area (Å²) in [7, 11) is 0. The summed E-state index contributed by atoms with van der Waals surface area (Å²) in [5.74, 6) is -0.720. The number of carbonyl (C=O) groups excluding carboxylic acids is 3. The molecule has 19 heavy (non-hydrogen) atoms. The standard InChI is InChI=1S/C12H8Cl3NO3/c13-9-4-7(1-2-8(9)12(15)19)16-5-6(11(14)18)3-10(16)17/h1-2,4,6H,3,5H2. The Kier molecular flexibility index (Phi) is 4.13. The number of nitrogens with zero attached hydrogens (tertiary/aromatic N) is 1. The van der Waals surface area contributed by atoms with Gasteiger partial charge in [-0.05, 0) is 41.4 Å². The van der Waals surface area contributed by atoms with Crippen molar-refractivity contribution in [2.24, 2.45) is 5.92 Å². The number of halogens is 3. The lowest BCUT2D eigenvalue weighted by molar-refractivity contribution is -0.120. The van der Waals surface area contributed by atoms with Crippen molar-refractivity contribution < 1.29 is 14.4 Å². The highest BCUT2D eigenvalue weighted by Crippen LogP contribution is 2.30. The second-order valence-corrected chi connectivity index (χ2v) is 5.27. The zero-order chi connectivity index (χ0) is 14.2. The third-order valence-corrected chi connectivity index (χ3v) is 3.75. The van der Waals surface area contributed by atoms with E-state index in [-0.39, 0.29) is 29.5 Å². The van der Waals surface area contributed by atoms with Gasteiger partial charge < -0.3 is 4.90 Å². The van der Waals surface area contributed by atoms with Gasteiger partial charge in [-0.2, -0.15) is 0 Å². The number of benzene rings is 1. The third kappa shape index (κ3) is 2.91. The fourth-order valence-electron chi connectivity index (χ4n) is 1.94. The summed E-state index contributed by atoms with van der Waals surface area (Å²) in [4.78, 5) is 35.3. The van der Waals surface area contributed by atoms with Gasteiger partial charge in [-0.25, -0.2) is 0 Å². The normalized spacial score (nSPS) is 18.8. The molecule has 1 amide bonds. The molecular formula is C12H8Cl3NO3. The summed E-state index contributed by atoms with van der Waals surface area (Å²) in [6.07, 6.45) is 0.0795. The molecule has 100 valence electrons. The molecule has 0 bridgehead atoms. The Morgan fingerprint density at radius 1 is 1.26 bits per heavy atom. The average molecular weight is 321 g/mol. The van der Waals surface area contributed by atoms with Crippen LogP contribution in [0.15, 0.2) is 18.2 Å². The molecule has 0 saturated carbocycles. The van der Waals surface area contributed by atoms with E-state index < -0.39 is 16.4 Å². The molecule has 1 aromatic rings. The Hall–Kier alpha value is -1.10. The predicted octanol–water partition coefficient (Wildman–Crippen LogP) is 2.84. The van der Waals surface area contributed by atoms with Crippen LogP contribution in [-0.4, -0.2) is 22.9 Å². The minimum absolute atomic E-state index is 0.0795. The van der Waals surface area contributed by atoms with Gasteiger partial charge in [0.05, 0.1) is 16.5 Å². The highest BCUT2D eigenvalue weighted by molar-refractivity contribution is 6.68. The fraction of sp³-hybridized carbons (Fsp3) is 0.250. The molecule has 1 fully saturated rings. The first-order valence-electron chi connectivity index (χ1n) is 5.39. The second-order valence-electron chi connectivity index (χ2n) is 4.15. The van der Waals surface area contributed by atoms with Crippen LogP contribution >= 0.6 is 34.8 Å². The van der Waals surface area contributed by atoms with Crippen molar-refractivity contribution >= 4 is 56.9 Å². The highest BCUT2D eigenvalue weighted by Gasteiger charge is 2.34. The summed E-state index contributed by atoms with van der Waals surface area (Å²) in [6.45, 7) is 0.214. The van der Waals surface area contributed by atoms with Gasteiger partial charge in [0, 0.05) is 18.7 Å². The summed E-state index contributed by atoms with van der Waals surface area (Å²) >= 11 is 16.7. The zero-order valence-electron chi connectivity index (χ0n) is 9.53. The Bertz CT molecular complexity index is 573. The smallest absolute Gasteiger partial charge is 0.253 e. The first-order valence-corrected chi connectivity index (χ1v) is 6.52. The van der Waals surface area contributed by atoms with Gasteiger partial charge in [-0.1, -0.05) is 11.6 Å². The molecule has 0 radical (unpaired) electrons. The van der Waals surface area contributed by atoms with E-state index >= 15 is 0 Å². The molecule has 1 aromatic carbocycles. The van der Waals surface area contributed by atoms with E-state index in [0.717, 1.165) is 0 Å². The maximum Gasteiger partial charge on any atom is 0.253 e. The second kappa shape index (κ2) is 5.49. The Morgan fingerprint density at radius 2 is 1.95 bits per heavy atom. The van der Waals surface area contributed by atoms with Gasteiger partial charge in [-0.15, -0.1) is 0 Å². The topological polar surface area (TPSA) is 54.5 Å². The van der Waals surface area contributed by atoms with Crippen LogP contribution in [0.4, 0.5) is 5.69 Å². The van der Waals surface area contributed by atoms with E-state index in [1.165, 1.54) is 17.0 Å². The van der Waals surface area contributed by atoms with Crippen LogP contribution in [0.2, 0.25) is 5.02 Å². The zero-order valence-corrected chi connectivity index (χ0v) is 11.8. The van der Waals surface area contributed by atoms with Crippen molar-refractivity contribution in [1.82, 2.24) is 0 Å². The third-order valence-electron chi connectivity index (χ3n) is 2.92. The van der Waals surface area contributed by atoms with E-state index in [9.17, 15) is 14.4 Å². The van der Waals surface area contributed by atoms with Crippen LogP contribution in [0.3, 0.4) is 0 Å². The SMILES string of the molecule is O=C(Cl)c1ccc(N2CC(C(=O)Cl)CC2=O)cc1Cl. The average Bonchev–Trinajstić information content (AvgIpc) is 2.71. The number of carbonyl (C=O) groups is 3. The maximum absolute atomic E-state index is 11.8. The molecule has 2 rings (SSSR count). The van der Waals surface area contributed by atoms with Gasteiger partial charge >= 0.3 is 0 Å². The lowest BCUT2D eigenvalue weighted by atomic mass is 10.1. The number of anilines is 1. The quantitative estimate of drug-likeness (QED) is 0.805. The predicted molar refractivity (Wildman–Crippen MR) is 73.0 cm³/mol. The van der Waals surface area contributed by atoms with E-state index in [4.69, 9.17) is 34.8 Å². The van der Waals surface area contributed by atoms with Crippen LogP contribution in [-0.2, 0) is 9.59 Å². The van der Waals surface area contributed by atoms with Crippen LogP contribution in [0.5, 0.6) is 0 Å². The lowest BCUT2D eigenvalue weighted by Crippen LogP contribution is -2.25. The number of amides is 1. The fourth-order valence-corrected chi connectivity index (χ4v) is 2.56. The highest BCUT2D eigenvalue weighted by atomic mass is 35.5. The van der Waals surface area contributed by atoms with Crippen LogP contribution in [0.1, 0.15) is 16.8 Å². The number of hydrogen-bond acceptors (Lipinski definition) is 3. The maximum atomic E-state index is 11.8. The molecule has 0 spiro atoms. The molecule has 1 aliphatic heterocycles. The van der Waals surface area contributed by atoms with Gasteiger partial charge in [-0.3, -0.25) is 14.4 Å². The summed E-state index contributed by atoms with van der Waals surface area (Å²) in [5.41, 5.74) is 0.681. The van der Waals surface area contributed by atoms with E-state index in [1.54, 1.807) is 6.07 Å². The molecule has 1 saturated heterocycles. The molecule has 4 nitrogen and oxygen atoms in total. The van der Waals surface area contributed by atoms with Gasteiger partial charge in [0.2, 0.25) is 11.1 Å². The van der Waals surface area contributed by atoms with Crippen molar-refractivity contribution in [2.45, 2.75) is 6.42 Å². The molecule has 7 heteroatoms. The van der Waals surface area contributed by atoms with Crippen LogP contribution in [0, 0.1) is 5.92 Å².